The second kappa shape index (κ2) is 6.60. The van der Waals surface area contributed by atoms with Crippen molar-refractivity contribution in [2.45, 2.75) is 59.2 Å². The van der Waals surface area contributed by atoms with Crippen molar-refractivity contribution in [3.8, 4) is 0 Å². The molecule has 2 unspecified atom stereocenters. The first-order valence-electron chi connectivity index (χ1n) is 7.60. The molecule has 21 heavy (non-hydrogen) atoms. The van der Waals surface area contributed by atoms with E-state index in [1.165, 1.54) is 10.4 Å². The van der Waals surface area contributed by atoms with Crippen LogP contribution in [0.2, 0.25) is 0 Å². The summed E-state index contributed by atoms with van der Waals surface area (Å²) in [5, 5.41) is 4.91. The van der Waals surface area contributed by atoms with Crippen LogP contribution in [0, 0.1) is 5.92 Å². The molecule has 1 aromatic rings. The minimum Gasteiger partial charge on any atom is -0.343 e. The molecule has 1 aromatic heterocycles. The van der Waals surface area contributed by atoms with Crippen LogP contribution in [0.4, 0.5) is 0 Å². The second-order valence-corrected chi connectivity index (χ2v) is 7.06. The van der Waals surface area contributed by atoms with E-state index in [9.17, 15) is 9.59 Å². The van der Waals surface area contributed by atoms with Crippen LogP contribution in [0.15, 0.2) is 11.4 Å². The second-order valence-electron chi connectivity index (χ2n) is 6.06. The number of carbonyl (C=O) groups excluding carboxylic acids is 2. The highest BCUT2D eigenvalue weighted by molar-refractivity contribution is 7.10. The zero-order chi connectivity index (χ0) is 15.6. The molecule has 1 aliphatic rings. The van der Waals surface area contributed by atoms with E-state index in [0.29, 0.717) is 18.9 Å². The number of thiophene rings is 1. The van der Waals surface area contributed by atoms with Crippen molar-refractivity contribution < 1.29 is 9.59 Å². The molecule has 4 nitrogen and oxygen atoms in total. The Labute approximate surface area is 130 Å². The fraction of sp³-hybridized carbons (Fsp3) is 0.625. The summed E-state index contributed by atoms with van der Waals surface area (Å²) >= 11 is 1.66. The summed E-state index contributed by atoms with van der Waals surface area (Å²) in [6.45, 7) is 8.59. The van der Waals surface area contributed by atoms with Crippen LogP contribution < -0.4 is 5.32 Å². The lowest BCUT2D eigenvalue weighted by Gasteiger charge is -2.38. The Morgan fingerprint density at radius 1 is 1.38 bits per heavy atom. The van der Waals surface area contributed by atoms with Crippen LogP contribution in [0.1, 0.15) is 44.6 Å². The Kier molecular flexibility index (Phi) is 5.04. The zero-order valence-electron chi connectivity index (χ0n) is 13.2. The SMILES string of the molecule is CCc1ccsc1CN1C(=O)C(CC(C)C)NC(=O)C1C. The van der Waals surface area contributed by atoms with Crippen molar-refractivity contribution in [3.05, 3.63) is 21.9 Å². The molecular formula is C16H24N2O2S. The molecule has 2 amide bonds. The quantitative estimate of drug-likeness (QED) is 0.909. The summed E-state index contributed by atoms with van der Waals surface area (Å²) in [4.78, 5) is 27.7. The first-order valence-corrected chi connectivity index (χ1v) is 8.48. The summed E-state index contributed by atoms with van der Waals surface area (Å²) in [5.74, 6) is 0.378. The van der Waals surface area contributed by atoms with E-state index >= 15 is 0 Å². The van der Waals surface area contributed by atoms with E-state index in [2.05, 4.69) is 37.5 Å². The Morgan fingerprint density at radius 3 is 2.71 bits per heavy atom. The van der Waals surface area contributed by atoms with Gasteiger partial charge in [-0.2, -0.15) is 0 Å². The highest BCUT2D eigenvalue weighted by Gasteiger charge is 2.38. The zero-order valence-corrected chi connectivity index (χ0v) is 14.0. The van der Waals surface area contributed by atoms with Gasteiger partial charge >= 0.3 is 0 Å². The maximum atomic E-state index is 12.7. The number of piperazine rings is 1. The lowest BCUT2D eigenvalue weighted by molar-refractivity contribution is -0.149. The molecule has 1 saturated heterocycles. The van der Waals surface area contributed by atoms with Gasteiger partial charge in [-0.05, 0) is 42.7 Å². The van der Waals surface area contributed by atoms with E-state index in [1.54, 1.807) is 23.2 Å². The van der Waals surface area contributed by atoms with Crippen molar-refractivity contribution in [1.82, 2.24) is 10.2 Å². The Morgan fingerprint density at radius 2 is 2.10 bits per heavy atom. The summed E-state index contributed by atoms with van der Waals surface area (Å²) in [5.41, 5.74) is 1.27. The molecule has 1 N–H and O–H groups in total. The van der Waals surface area contributed by atoms with Gasteiger partial charge < -0.3 is 10.2 Å². The fourth-order valence-corrected chi connectivity index (χ4v) is 3.68. The predicted molar refractivity (Wildman–Crippen MR) is 85.1 cm³/mol. The van der Waals surface area contributed by atoms with Crippen molar-refractivity contribution >= 4 is 23.2 Å². The molecule has 5 heteroatoms. The Bertz CT molecular complexity index is 524. The smallest absolute Gasteiger partial charge is 0.246 e. The predicted octanol–water partition coefficient (Wildman–Crippen LogP) is 2.57. The van der Waals surface area contributed by atoms with Crippen molar-refractivity contribution in [2.24, 2.45) is 5.92 Å². The fourth-order valence-electron chi connectivity index (χ4n) is 2.71. The Balaban J connectivity index is 2.18. The number of carbonyl (C=O) groups is 2. The van der Waals surface area contributed by atoms with Crippen LogP contribution in [0.25, 0.3) is 0 Å². The van der Waals surface area contributed by atoms with Crippen LogP contribution in [-0.4, -0.2) is 28.8 Å². The molecule has 2 heterocycles. The van der Waals surface area contributed by atoms with Crippen molar-refractivity contribution in [2.75, 3.05) is 0 Å². The van der Waals surface area contributed by atoms with Gasteiger partial charge in [0, 0.05) is 4.88 Å². The van der Waals surface area contributed by atoms with Gasteiger partial charge in [-0.15, -0.1) is 11.3 Å². The number of aryl methyl sites for hydroxylation is 1. The number of nitrogens with zero attached hydrogens (tertiary/aromatic N) is 1. The van der Waals surface area contributed by atoms with Crippen LogP contribution in [0.5, 0.6) is 0 Å². The van der Waals surface area contributed by atoms with E-state index in [4.69, 9.17) is 0 Å². The molecule has 0 aliphatic carbocycles. The Hall–Kier alpha value is -1.36. The van der Waals surface area contributed by atoms with E-state index in [-0.39, 0.29) is 17.9 Å². The number of nitrogens with one attached hydrogen (secondary N) is 1. The molecule has 0 spiro atoms. The number of amides is 2. The normalized spacial score (nSPS) is 22.8. The molecular weight excluding hydrogens is 284 g/mol. The maximum absolute atomic E-state index is 12.7. The van der Waals surface area contributed by atoms with Crippen LogP contribution in [-0.2, 0) is 22.6 Å². The molecule has 116 valence electrons. The first-order chi connectivity index (χ1) is 9.93. The summed E-state index contributed by atoms with van der Waals surface area (Å²) in [7, 11) is 0. The number of rotatable bonds is 5. The monoisotopic (exact) mass is 308 g/mol. The minimum absolute atomic E-state index is 0.0464. The van der Waals surface area contributed by atoms with Gasteiger partial charge in [0.05, 0.1) is 6.54 Å². The molecule has 0 bridgehead atoms. The van der Waals surface area contributed by atoms with E-state index in [1.807, 2.05) is 0 Å². The third kappa shape index (κ3) is 3.46. The minimum atomic E-state index is -0.396. The van der Waals surface area contributed by atoms with Gasteiger partial charge in [0.25, 0.3) is 0 Å². The van der Waals surface area contributed by atoms with Gasteiger partial charge in [-0.1, -0.05) is 20.8 Å². The maximum Gasteiger partial charge on any atom is 0.246 e. The summed E-state index contributed by atoms with van der Waals surface area (Å²) in [6, 6.07) is 1.33. The highest BCUT2D eigenvalue weighted by atomic mass is 32.1. The van der Waals surface area contributed by atoms with Gasteiger partial charge in [-0.25, -0.2) is 0 Å². The standard InChI is InChI=1S/C16H24N2O2S/c1-5-12-6-7-21-14(12)9-18-11(4)15(19)17-13(16(18)20)8-10(2)3/h6-7,10-11,13H,5,8-9H2,1-4H3,(H,17,19). The van der Waals surface area contributed by atoms with Crippen LogP contribution >= 0.6 is 11.3 Å². The average molecular weight is 308 g/mol. The number of hydrogen-bond acceptors (Lipinski definition) is 3. The average Bonchev–Trinajstić information content (AvgIpc) is 2.87. The lowest BCUT2D eigenvalue weighted by Crippen LogP contribution is -2.62. The van der Waals surface area contributed by atoms with Gasteiger partial charge in [0.15, 0.2) is 0 Å². The van der Waals surface area contributed by atoms with Crippen molar-refractivity contribution in [1.29, 1.82) is 0 Å². The molecule has 0 saturated carbocycles. The van der Waals surface area contributed by atoms with Gasteiger partial charge in [0.1, 0.15) is 12.1 Å². The molecule has 2 rings (SSSR count). The largest absolute Gasteiger partial charge is 0.343 e. The molecule has 1 fully saturated rings. The van der Waals surface area contributed by atoms with E-state index < -0.39 is 6.04 Å². The van der Waals surface area contributed by atoms with E-state index in [0.717, 1.165) is 6.42 Å². The first kappa shape index (κ1) is 16.0. The molecule has 0 radical (unpaired) electrons. The molecule has 2 atom stereocenters. The topological polar surface area (TPSA) is 49.4 Å². The third-order valence-electron chi connectivity index (χ3n) is 3.98. The van der Waals surface area contributed by atoms with Crippen LogP contribution in [0.3, 0.4) is 0 Å². The van der Waals surface area contributed by atoms with Gasteiger partial charge in [-0.3, -0.25) is 9.59 Å². The summed E-state index contributed by atoms with van der Waals surface area (Å²) < 4.78 is 0. The van der Waals surface area contributed by atoms with Gasteiger partial charge in [0.2, 0.25) is 11.8 Å². The third-order valence-corrected chi connectivity index (χ3v) is 4.93. The molecule has 0 aromatic carbocycles. The van der Waals surface area contributed by atoms with Crippen molar-refractivity contribution in [3.63, 3.8) is 0 Å². The molecule has 1 aliphatic heterocycles. The highest BCUT2D eigenvalue weighted by Crippen LogP contribution is 2.23. The summed E-state index contributed by atoms with van der Waals surface area (Å²) in [6.07, 6.45) is 1.65. The lowest BCUT2D eigenvalue weighted by atomic mass is 9.98. The number of hydrogen-bond donors (Lipinski definition) is 1.